The molecule has 1 aromatic carbocycles. The molecule has 2 aromatic heterocycles. The van der Waals surface area contributed by atoms with E-state index in [1.807, 2.05) is 6.92 Å². The Kier molecular flexibility index (Phi) is 5.43. The summed E-state index contributed by atoms with van der Waals surface area (Å²) in [5.41, 5.74) is 2.65. The molecule has 2 N–H and O–H groups in total. The van der Waals surface area contributed by atoms with Crippen molar-refractivity contribution in [2.75, 3.05) is 26.2 Å². The van der Waals surface area contributed by atoms with E-state index in [-0.39, 0.29) is 17.0 Å². The number of carbonyl (C=O) groups is 1. The van der Waals surface area contributed by atoms with Crippen molar-refractivity contribution in [3.63, 3.8) is 0 Å². The van der Waals surface area contributed by atoms with Gasteiger partial charge in [0.05, 0.1) is 10.6 Å². The van der Waals surface area contributed by atoms with Gasteiger partial charge in [0.15, 0.2) is 0 Å². The average molecular weight is 417 g/mol. The highest BCUT2D eigenvalue weighted by Crippen LogP contribution is 2.22. The SMILES string of the molecule is Cc1c(Cl)cc2c(=O)[nH]cc(Cc3ccc(F)c(C(=O)N4CCCNCC4)c3)n12. The Morgan fingerprint density at radius 2 is 2.07 bits per heavy atom. The quantitative estimate of drug-likeness (QED) is 0.689. The lowest BCUT2D eigenvalue weighted by Crippen LogP contribution is -2.34. The number of hydrogen-bond acceptors (Lipinski definition) is 3. The van der Waals surface area contributed by atoms with Crippen LogP contribution >= 0.6 is 11.6 Å². The molecule has 1 saturated heterocycles. The maximum Gasteiger partial charge on any atom is 0.272 e. The molecule has 4 rings (SSSR count). The summed E-state index contributed by atoms with van der Waals surface area (Å²) >= 11 is 6.21. The number of benzene rings is 1. The topological polar surface area (TPSA) is 69.6 Å². The van der Waals surface area contributed by atoms with Crippen molar-refractivity contribution in [3.05, 3.63) is 74.2 Å². The molecule has 1 aliphatic rings. The molecule has 0 bridgehead atoms. The zero-order chi connectivity index (χ0) is 20.5. The lowest BCUT2D eigenvalue weighted by Gasteiger charge is -2.20. The first-order valence-electron chi connectivity index (χ1n) is 9.62. The summed E-state index contributed by atoms with van der Waals surface area (Å²) in [5.74, 6) is -0.817. The third-order valence-electron chi connectivity index (χ3n) is 5.35. The first kappa shape index (κ1) is 19.7. The highest BCUT2D eigenvalue weighted by Gasteiger charge is 2.21. The van der Waals surface area contributed by atoms with Gasteiger partial charge in [-0.25, -0.2) is 4.39 Å². The van der Waals surface area contributed by atoms with Crippen LogP contribution in [0.2, 0.25) is 5.02 Å². The molecule has 6 nitrogen and oxygen atoms in total. The van der Waals surface area contributed by atoms with Gasteiger partial charge in [0.1, 0.15) is 11.3 Å². The van der Waals surface area contributed by atoms with Crippen LogP contribution in [0.15, 0.2) is 35.3 Å². The first-order valence-corrected chi connectivity index (χ1v) is 10.00. The summed E-state index contributed by atoms with van der Waals surface area (Å²) in [4.78, 5) is 29.4. The Morgan fingerprint density at radius 3 is 2.90 bits per heavy atom. The van der Waals surface area contributed by atoms with E-state index in [1.165, 1.54) is 6.07 Å². The second-order valence-corrected chi connectivity index (χ2v) is 7.70. The smallest absolute Gasteiger partial charge is 0.272 e. The Bertz CT molecular complexity index is 1130. The van der Waals surface area contributed by atoms with E-state index >= 15 is 0 Å². The monoisotopic (exact) mass is 416 g/mol. The number of halogens is 2. The van der Waals surface area contributed by atoms with Crippen molar-refractivity contribution in [2.24, 2.45) is 0 Å². The summed E-state index contributed by atoms with van der Waals surface area (Å²) in [6.45, 7) is 4.57. The number of amides is 1. The van der Waals surface area contributed by atoms with E-state index in [2.05, 4.69) is 10.3 Å². The van der Waals surface area contributed by atoms with Crippen molar-refractivity contribution >= 4 is 23.0 Å². The van der Waals surface area contributed by atoms with Gasteiger partial charge in [0.25, 0.3) is 11.5 Å². The number of nitrogens with one attached hydrogen (secondary N) is 2. The van der Waals surface area contributed by atoms with Crippen molar-refractivity contribution in [1.82, 2.24) is 19.6 Å². The molecule has 1 amide bonds. The van der Waals surface area contributed by atoms with E-state index < -0.39 is 5.82 Å². The van der Waals surface area contributed by atoms with Crippen molar-refractivity contribution < 1.29 is 9.18 Å². The molecule has 1 fully saturated rings. The molecule has 152 valence electrons. The van der Waals surface area contributed by atoms with Crippen LogP contribution in [0.3, 0.4) is 0 Å². The lowest BCUT2D eigenvalue weighted by atomic mass is 10.0. The largest absolute Gasteiger partial charge is 0.337 e. The molecule has 0 atom stereocenters. The fourth-order valence-electron chi connectivity index (χ4n) is 3.81. The maximum atomic E-state index is 14.5. The fourth-order valence-corrected chi connectivity index (χ4v) is 3.99. The van der Waals surface area contributed by atoms with Gasteiger partial charge in [-0.2, -0.15) is 0 Å². The standard InChI is InChI=1S/C21H22ClFN4O2/c1-13-17(22)11-19-20(28)25-12-15(27(13)19)9-14-3-4-18(23)16(10-14)21(29)26-7-2-5-24-6-8-26/h3-4,10-12,24H,2,5-9H2,1H3,(H,25,28). The zero-order valence-electron chi connectivity index (χ0n) is 16.1. The third-order valence-corrected chi connectivity index (χ3v) is 5.73. The minimum atomic E-state index is -0.525. The Balaban J connectivity index is 1.68. The second-order valence-electron chi connectivity index (χ2n) is 7.29. The number of fused-ring (bicyclic) bond motifs is 1. The molecular weight excluding hydrogens is 395 g/mol. The van der Waals surface area contributed by atoms with Gasteiger partial charge in [0, 0.05) is 43.6 Å². The van der Waals surface area contributed by atoms with E-state index in [1.54, 1.807) is 33.7 Å². The van der Waals surface area contributed by atoms with Gasteiger partial charge in [-0.3, -0.25) is 9.59 Å². The van der Waals surface area contributed by atoms with E-state index in [0.29, 0.717) is 36.6 Å². The minimum Gasteiger partial charge on any atom is -0.337 e. The van der Waals surface area contributed by atoms with Crippen LogP contribution in [0.4, 0.5) is 4.39 Å². The molecule has 3 aromatic rings. The van der Waals surface area contributed by atoms with Crippen LogP contribution in [0.5, 0.6) is 0 Å². The van der Waals surface area contributed by atoms with Gasteiger partial charge in [-0.15, -0.1) is 0 Å². The van der Waals surface area contributed by atoms with Crippen LogP contribution in [-0.2, 0) is 6.42 Å². The summed E-state index contributed by atoms with van der Waals surface area (Å²) in [7, 11) is 0. The van der Waals surface area contributed by atoms with Crippen LogP contribution in [0.25, 0.3) is 5.52 Å². The number of aromatic nitrogens is 2. The van der Waals surface area contributed by atoms with Crippen LogP contribution in [0.1, 0.15) is 33.7 Å². The van der Waals surface area contributed by atoms with Crippen LogP contribution in [0, 0.1) is 12.7 Å². The van der Waals surface area contributed by atoms with E-state index in [9.17, 15) is 14.0 Å². The van der Waals surface area contributed by atoms with Crippen LogP contribution < -0.4 is 10.9 Å². The molecule has 1 aliphatic heterocycles. The highest BCUT2D eigenvalue weighted by atomic mass is 35.5. The predicted octanol–water partition coefficient (Wildman–Crippen LogP) is 2.75. The number of hydrogen-bond donors (Lipinski definition) is 2. The molecule has 0 aliphatic carbocycles. The number of aryl methyl sites for hydroxylation is 1. The highest BCUT2D eigenvalue weighted by molar-refractivity contribution is 6.31. The summed E-state index contributed by atoms with van der Waals surface area (Å²) in [5, 5.41) is 3.75. The molecule has 0 saturated carbocycles. The number of nitrogens with zero attached hydrogens (tertiary/aromatic N) is 2. The molecule has 8 heteroatoms. The lowest BCUT2D eigenvalue weighted by molar-refractivity contribution is 0.0761. The maximum absolute atomic E-state index is 14.5. The van der Waals surface area contributed by atoms with Crippen LogP contribution in [-0.4, -0.2) is 46.4 Å². The summed E-state index contributed by atoms with van der Waals surface area (Å²) in [6.07, 6.45) is 2.89. The number of carbonyl (C=O) groups excluding carboxylic acids is 1. The van der Waals surface area contributed by atoms with Gasteiger partial charge in [-0.1, -0.05) is 17.7 Å². The van der Waals surface area contributed by atoms with Gasteiger partial charge in [0.2, 0.25) is 0 Å². The number of aromatic amines is 1. The predicted molar refractivity (Wildman–Crippen MR) is 110 cm³/mol. The Hall–Kier alpha value is -2.64. The summed E-state index contributed by atoms with van der Waals surface area (Å²) in [6, 6.07) is 6.23. The van der Waals surface area contributed by atoms with E-state index in [0.717, 1.165) is 29.9 Å². The summed E-state index contributed by atoms with van der Waals surface area (Å²) < 4.78 is 16.3. The Morgan fingerprint density at radius 1 is 1.24 bits per heavy atom. The average Bonchev–Trinajstić information content (AvgIpc) is 2.90. The third kappa shape index (κ3) is 3.80. The second kappa shape index (κ2) is 8.00. The van der Waals surface area contributed by atoms with Gasteiger partial charge in [-0.05, 0) is 43.7 Å². The van der Waals surface area contributed by atoms with Crippen molar-refractivity contribution in [1.29, 1.82) is 0 Å². The number of rotatable bonds is 3. The minimum absolute atomic E-state index is 0.0762. The zero-order valence-corrected chi connectivity index (χ0v) is 16.9. The first-order chi connectivity index (χ1) is 14.0. The fraction of sp³-hybridized carbons (Fsp3) is 0.333. The van der Waals surface area contributed by atoms with Gasteiger partial charge < -0.3 is 19.6 Å². The molecule has 3 heterocycles. The van der Waals surface area contributed by atoms with Gasteiger partial charge >= 0.3 is 0 Å². The molecular formula is C21H22ClFN4O2. The number of H-pyrrole nitrogens is 1. The molecule has 29 heavy (non-hydrogen) atoms. The molecule has 0 unspecified atom stereocenters. The molecule has 0 spiro atoms. The van der Waals surface area contributed by atoms with Crippen molar-refractivity contribution in [2.45, 2.75) is 19.8 Å². The normalized spacial score (nSPS) is 14.9. The molecule has 0 radical (unpaired) electrons. The van der Waals surface area contributed by atoms with E-state index in [4.69, 9.17) is 11.6 Å². The Labute approximate surface area is 172 Å². The van der Waals surface area contributed by atoms with Crippen molar-refractivity contribution in [3.8, 4) is 0 Å².